The molecule has 0 heterocycles. The lowest BCUT2D eigenvalue weighted by Crippen LogP contribution is -2.29. The second kappa shape index (κ2) is 4.26. The van der Waals surface area contributed by atoms with Gasteiger partial charge in [0.25, 0.3) is 0 Å². The summed E-state index contributed by atoms with van der Waals surface area (Å²) in [6, 6.07) is 3.83. The van der Waals surface area contributed by atoms with Crippen molar-refractivity contribution in [2.75, 3.05) is 7.11 Å². The zero-order valence-corrected chi connectivity index (χ0v) is 10.5. The first-order chi connectivity index (χ1) is 7.27. The van der Waals surface area contributed by atoms with Crippen LogP contribution in [0.15, 0.2) is 12.1 Å². The summed E-state index contributed by atoms with van der Waals surface area (Å²) in [6.45, 7) is 7.71. The Morgan fingerprint density at radius 3 is 2.31 bits per heavy atom. The molecule has 0 fully saturated rings. The Morgan fingerprint density at radius 2 is 1.88 bits per heavy atom. The lowest BCUT2D eigenvalue weighted by atomic mass is 9.90. The fourth-order valence-electron chi connectivity index (χ4n) is 1.55. The first-order valence-electron chi connectivity index (χ1n) is 5.26. The maximum absolute atomic E-state index is 11.6. The topological polar surface area (TPSA) is 52.3 Å². The molecule has 1 aromatic carbocycles. The zero-order valence-electron chi connectivity index (χ0n) is 10.5. The lowest BCUT2D eigenvalue weighted by molar-refractivity contribution is 0.0599. The molecule has 0 radical (unpaired) electrons. The molecule has 16 heavy (non-hydrogen) atoms. The van der Waals surface area contributed by atoms with Gasteiger partial charge in [-0.05, 0) is 50.5 Å². The summed E-state index contributed by atoms with van der Waals surface area (Å²) in [6.07, 6.45) is 0. The minimum Gasteiger partial charge on any atom is -0.465 e. The Morgan fingerprint density at radius 1 is 1.31 bits per heavy atom. The smallest absolute Gasteiger partial charge is 0.338 e. The summed E-state index contributed by atoms with van der Waals surface area (Å²) in [4.78, 5) is 11.6. The van der Waals surface area contributed by atoms with Crippen molar-refractivity contribution in [3.8, 4) is 0 Å². The van der Waals surface area contributed by atoms with E-state index in [-0.39, 0.29) is 5.97 Å². The highest BCUT2D eigenvalue weighted by atomic mass is 16.5. The molecule has 0 aliphatic rings. The van der Waals surface area contributed by atoms with Crippen molar-refractivity contribution in [3.63, 3.8) is 0 Å². The minimum atomic E-state index is -0.457. The van der Waals surface area contributed by atoms with Crippen LogP contribution in [-0.2, 0) is 10.3 Å². The number of hydrogen-bond acceptors (Lipinski definition) is 3. The lowest BCUT2D eigenvalue weighted by Gasteiger charge is -2.21. The van der Waals surface area contributed by atoms with Gasteiger partial charge < -0.3 is 10.5 Å². The van der Waals surface area contributed by atoms with E-state index in [9.17, 15) is 4.79 Å². The molecule has 1 rings (SSSR count). The van der Waals surface area contributed by atoms with Gasteiger partial charge in [0.2, 0.25) is 0 Å². The third kappa shape index (κ3) is 2.42. The van der Waals surface area contributed by atoms with Crippen LogP contribution in [0, 0.1) is 13.8 Å². The molecule has 0 aliphatic carbocycles. The quantitative estimate of drug-likeness (QED) is 0.779. The molecule has 0 unspecified atom stereocenters. The zero-order chi connectivity index (χ0) is 12.5. The third-order valence-electron chi connectivity index (χ3n) is 2.82. The molecule has 2 N–H and O–H groups in total. The number of benzene rings is 1. The van der Waals surface area contributed by atoms with Crippen molar-refractivity contribution in [2.45, 2.75) is 33.2 Å². The second-order valence-electron chi connectivity index (χ2n) is 4.68. The molecule has 1 aromatic rings. The fraction of sp³-hybridized carbons (Fsp3) is 0.462. The summed E-state index contributed by atoms with van der Waals surface area (Å²) >= 11 is 0. The number of carbonyl (C=O) groups is 1. The van der Waals surface area contributed by atoms with Gasteiger partial charge in [-0.15, -0.1) is 0 Å². The molecule has 0 saturated carbocycles. The van der Waals surface area contributed by atoms with Crippen LogP contribution >= 0.6 is 0 Å². The summed E-state index contributed by atoms with van der Waals surface area (Å²) < 4.78 is 4.76. The number of esters is 1. The second-order valence-corrected chi connectivity index (χ2v) is 4.68. The minimum absolute atomic E-state index is 0.313. The van der Waals surface area contributed by atoms with Crippen LogP contribution in [0.25, 0.3) is 0 Å². The van der Waals surface area contributed by atoms with E-state index in [1.165, 1.54) is 7.11 Å². The van der Waals surface area contributed by atoms with Gasteiger partial charge in [-0.2, -0.15) is 0 Å². The Balaban J connectivity index is 3.39. The number of methoxy groups -OCH3 is 1. The molecule has 0 atom stereocenters. The van der Waals surface area contributed by atoms with Gasteiger partial charge in [0, 0.05) is 5.54 Å². The third-order valence-corrected chi connectivity index (χ3v) is 2.82. The van der Waals surface area contributed by atoms with Crippen molar-refractivity contribution in [2.24, 2.45) is 5.73 Å². The Labute approximate surface area is 96.6 Å². The van der Waals surface area contributed by atoms with Gasteiger partial charge in [-0.1, -0.05) is 6.07 Å². The van der Waals surface area contributed by atoms with E-state index < -0.39 is 5.54 Å². The van der Waals surface area contributed by atoms with Gasteiger partial charge in [0.05, 0.1) is 12.7 Å². The van der Waals surface area contributed by atoms with Gasteiger partial charge in [0.1, 0.15) is 0 Å². The number of nitrogens with two attached hydrogens (primary N) is 1. The van der Waals surface area contributed by atoms with E-state index in [0.29, 0.717) is 5.56 Å². The predicted molar refractivity (Wildman–Crippen MR) is 64.5 cm³/mol. The number of ether oxygens (including phenoxy) is 1. The van der Waals surface area contributed by atoms with Gasteiger partial charge in [-0.3, -0.25) is 0 Å². The first kappa shape index (κ1) is 12.7. The highest BCUT2D eigenvalue weighted by Crippen LogP contribution is 2.23. The molecule has 0 bridgehead atoms. The first-order valence-corrected chi connectivity index (χ1v) is 5.26. The van der Waals surface area contributed by atoms with Crippen LogP contribution in [0.2, 0.25) is 0 Å². The van der Waals surface area contributed by atoms with E-state index >= 15 is 0 Å². The molecule has 0 amide bonds. The van der Waals surface area contributed by atoms with Gasteiger partial charge in [0.15, 0.2) is 0 Å². The van der Waals surface area contributed by atoms with Gasteiger partial charge in [-0.25, -0.2) is 4.79 Å². The average molecular weight is 221 g/mol. The van der Waals surface area contributed by atoms with Crippen LogP contribution in [0.5, 0.6) is 0 Å². The number of aryl methyl sites for hydroxylation is 1. The molecular formula is C13H19NO2. The van der Waals surface area contributed by atoms with Crippen LogP contribution < -0.4 is 5.73 Å². The normalized spacial score (nSPS) is 11.4. The maximum Gasteiger partial charge on any atom is 0.338 e. The number of carbonyl (C=O) groups excluding carboxylic acids is 1. The fourth-order valence-corrected chi connectivity index (χ4v) is 1.55. The molecule has 3 nitrogen and oxygen atoms in total. The van der Waals surface area contributed by atoms with Crippen LogP contribution in [-0.4, -0.2) is 13.1 Å². The summed E-state index contributed by atoms with van der Waals surface area (Å²) in [5, 5.41) is 0. The summed E-state index contributed by atoms with van der Waals surface area (Å²) in [5.41, 5.74) is 9.11. The van der Waals surface area contributed by atoms with E-state index in [0.717, 1.165) is 16.7 Å². The van der Waals surface area contributed by atoms with Gasteiger partial charge >= 0.3 is 5.97 Å². The molecular weight excluding hydrogens is 202 g/mol. The SMILES string of the molecule is COC(=O)c1cc(C(C)(C)N)cc(C)c1C. The monoisotopic (exact) mass is 221 g/mol. The Hall–Kier alpha value is -1.35. The number of hydrogen-bond donors (Lipinski definition) is 1. The molecule has 0 spiro atoms. The van der Waals surface area contributed by atoms with Crippen LogP contribution in [0.4, 0.5) is 0 Å². The summed E-state index contributed by atoms with van der Waals surface area (Å²) in [7, 11) is 1.39. The Bertz CT molecular complexity index is 417. The van der Waals surface area contributed by atoms with E-state index in [2.05, 4.69) is 0 Å². The molecule has 3 heteroatoms. The number of rotatable bonds is 2. The Kier molecular flexibility index (Phi) is 3.38. The highest BCUT2D eigenvalue weighted by molar-refractivity contribution is 5.91. The van der Waals surface area contributed by atoms with Crippen molar-refractivity contribution in [1.82, 2.24) is 0 Å². The largest absolute Gasteiger partial charge is 0.465 e. The van der Waals surface area contributed by atoms with Crippen LogP contribution in [0.3, 0.4) is 0 Å². The predicted octanol–water partition coefficient (Wildman–Crippen LogP) is 2.28. The van der Waals surface area contributed by atoms with Crippen molar-refractivity contribution >= 4 is 5.97 Å². The van der Waals surface area contributed by atoms with E-state index in [4.69, 9.17) is 10.5 Å². The maximum atomic E-state index is 11.6. The van der Waals surface area contributed by atoms with E-state index in [1.807, 2.05) is 39.8 Å². The molecule has 88 valence electrons. The molecule has 0 aromatic heterocycles. The average Bonchev–Trinajstić information content (AvgIpc) is 2.19. The molecule has 0 aliphatic heterocycles. The highest BCUT2D eigenvalue weighted by Gasteiger charge is 2.19. The van der Waals surface area contributed by atoms with E-state index in [1.54, 1.807) is 0 Å². The standard InChI is InChI=1S/C13H19NO2/c1-8-6-10(13(3,4)14)7-11(9(8)2)12(15)16-5/h6-7H,14H2,1-5H3. The van der Waals surface area contributed by atoms with Crippen molar-refractivity contribution in [3.05, 3.63) is 34.4 Å². The molecule has 0 saturated heterocycles. The summed E-state index contributed by atoms with van der Waals surface area (Å²) in [5.74, 6) is -0.313. The van der Waals surface area contributed by atoms with Crippen molar-refractivity contribution in [1.29, 1.82) is 0 Å². The van der Waals surface area contributed by atoms with Crippen molar-refractivity contribution < 1.29 is 9.53 Å². The van der Waals surface area contributed by atoms with Crippen LogP contribution in [0.1, 0.15) is 40.9 Å².